The SMILES string of the molecule is COc1ccc(C)cc1C1(CN=C(N)Nc2ccc(OC(C)C)cc2)CCOCC1. The lowest BCUT2D eigenvalue weighted by Crippen LogP contribution is -2.38. The van der Waals surface area contributed by atoms with Crippen LogP contribution < -0.4 is 20.5 Å². The van der Waals surface area contributed by atoms with Crippen molar-refractivity contribution < 1.29 is 14.2 Å². The second-order valence-corrected chi connectivity index (χ2v) is 8.11. The number of nitrogens with one attached hydrogen (secondary N) is 1. The predicted octanol–water partition coefficient (Wildman–Crippen LogP) is 4.27. The fraction of sp³-hybridized carbons (Fsp3) is 0.458. The molecule has 1 fully saturated rings. The Morgan fingerprint density at radius 2 is 1.87 bits per heavy atom. The zero-order chi connectivity index (χ0) is 21.6. The van der Waals surface area contributed by atoms with E-state index in [4.69, 9.17) is 24.9 Å². The number of nitrogens with two attached hydrogens (primary N) is 1. The van der Waals surface area contributed by atoms with Gasteiger partial charge < -0.3 is 25.3 Å². The maximum atomic E-state index is 6.22. The Balaban J connectivity index is 1.77. The van der Waals surface area contributed by atoms with Crippen molar-refractivity contribution >= 4 is 11.6 Å². The molecule has 0 aliphatic carbocycles. The predicted molar refractivity (Wildman–Crippen MR) is 122 cm³/mol. The van der Waals surface area contributed by atoms with Crippen LogP contribution in [0.15, 0.2) is 47.5 Å². The molecule has 162 valence electrons. The van der Waals surface area contributed by atoms with E-state index in [-0.39, 0.29) is 11.5 Å². The summed E-state index contributed by atoms with van der Waals surface area (Å²) in [5.41, 5.74) is 9.33. The molecule has 3 rings (SSSR count). The summed E-state index contributed by atoms with van der Waals surface area (Å²) in [6.07, 6.45) is 1.90. The summed E-state index contributed by atoms with van der Waals surface area (Å²) in [6, 6.07) is 14.0. The Bertz CT molecular complexity index is 856. The van der Waals surface area contributed by atoms with Crippen molar-refractivity contribution in [3.05, 3.63) is 53.6 Å². The molecule has 1 aliphatic rings. The van der Waals surface area contributed by atoms with Gasteiger partial charge in [-0.1, -0.05) is 17.7 Å². The standard InChI is InChI=1S/C24H33N3O3/c1-17(2)30-20-8-6-19(7-9-20)27-23(25)26-16-24(11-13-29-14-12-24)21-15-18(3)5-10-22(21)28-4/h5-10,15,17H,11-14,16H2,1-4H3,(H3,25,26,27). The highest BCUT2D eigenvalue weighted by Crippen LogP contribution is 2.40. The molecule has 30 heavy (non-hydrogen) atoms. The number of guanidine groups is 1. The van der Waals surface area contributed by atoms with E-state index >= 15 is 0 Å². The van der Waals surface area contributed by atoms with Crippen LogP contribution in [-0.4, -0.2) is 38.9 Å². The van der Waals surface area contributed by atoms with E-state index in [1.165, 1.54) is 11.1 Å². The highest BCUT2D eigenvalue weighted by molar-refractivity contribution is 5.92. The Morgan fingerprint density at radius 3 is 2.50 bits per heavy atom. The number of hydrogen-bond donors (Lipinski definition) is 2. The summed E-state index contributed by atoms with van der Waals surface area (Å²) >= 11 is 0. The number of hydrogen-bond acceptors (Lipinski definition) is 4. The second-order valence-electron chi connectivity index (χ2n) is 8.11. The van der Waals surface area contributed by atoms with Gasteiger partial charge in [0.2, 0.25) is 0 Å². The van der Waals surface area contributed by atoms with Gasteiger partial charge in [0, 0.05) is 29.9 Å². The van der Waals surface area contributed by atoms with Gasteiger partial charge in [0.1, 0.15) is 11.5 Å². The van der Waals surface area contributed by atoms with E-state index in [1.54, 1.807) is 7.11 Å². The minimum atomic E-state index is -0.156. The van der Waals surface area contributed by atoms with Crippen LogP contribution in [0.4, 0.5) is 5.69 Å². The lowest BCUT2D eigenvalue weighted by Gasteiger charge is -2.37. The van der Waals surface area contributed by atoms with Crippen LogP contribution in [0.3, 0.4) is 0 Å². The molecule has 6 heteroatoms. The molecular formula is C24H33N3O3. The molecule has 0 radical (unpaired) electrons. The van der Waals surface area contributed by atoms with Gasteiger partial charge in [-0.05, 0) is 63.9 Å². The fourth-order valence-corrected chi connectivity index (χ4v) is 3.82. The summed E-state index contributed by atoms with van der Waals surface area (Å²) in [6.45, 7) is 8.10. The molecule has 2 aromatic rings. The summed E-state index contributed by atoms with van der Waals surface area (Å²) < 4.78 is 17.0. The van der Waals surface area contributed by atoms with Gasteiger partial charge in [-0.25, -0.2) is 0 Å². The first-order valence-corrected chi connectivity index (χ1v) is 10.5. The van der Waals surface area contributed by atoms with Crippen LogP contribution in [-0.2, 0) is 10.2 Å². The van der Waals surface area contributed by atoms with Gasteiger partial charge >= 0.3 is 0 Å². The lowest BCUT2D eigenvalue weighted by molar-refractivity contribution is 0.0523. The quantitative estimate of drug-likeness (QED) is 0.526. The normalized spacial score (nSPS) is 16.4. The summed E-state index contributed by atoms with van der Waals surface area (Å²) in [7, 11) is 1.72. The summed E-state index contributed by atoms with van der Waals surface area (Å²) in [4.78, 5) is 4.71. The monoisotopic (exact) mass is 411 g/mol. The number of nitrogens with zero attached hydrogens (tertiary/aromatic N) is 1. The Morgan fingerprint density at radius 1 is 1.17 bits per heavy atom. The van der Waals surface area contributed by atoms with Crippen molar-refractivity contribution in [2.45, 2.75) is 45.1 Å². The minimum absolute atomic E-state index is 0.143. The van der Waals surface area contributed by atoms with Crippen molar-refractivity contribution in [2.24, 2.45) is 10.7 Å². The number of rotatable bonds is 7. The van der Waals surface area contributed by atoms with E-state index in [2.05, 4.69) is 24.4 Å². The van der Waals surface area contributed by atoms with Crippen molar-refractivity contribution in [1.82, 2.24) is 0 Å². The van der Waals surface area contributed by atoms with Crippen LogP contribution in [0.2, 0.25) is 0 Å². The molecule has 6 nitrogen and oxygen atoms in total. The number of benzene rings is 2. The first-order chi connectivity index (χ1) is 14.4. The molecule has 2 aromatic carbocycles. The Labute approximate surface area is 179 Å². The van der Waals surface area contributed by atoms with Gasteiger partial charge in [-0.3, -0.25) is 4.99 Å². The topological polar surface area (TPSA) is 78.1 Å². The van der Waals surface area contributed by atoms with Crippen LogP contribution in [0.25, 0.3) is 0 Å². The molecule has 0 saturated carbocycles. The molecular weight excluding hydrogens is 378 g/mol. The van der Waals surface area contributed by atoms with Gasteiger partial charge in [-0.15, -0.1) is 0 Å². The van der Waals surface area contributed by atoms with Gasteiger partial charge in [0.15, 0.2) is 5.96 Å². The van der Waals surface area contributed by atoms with Crippen LogP contribution in [0, 0.1) is 6.92 Å². The van der Waals surface area contributed by atoms with E-state index in [9.17, 15) is 0 Å². The zero-order valence-corrected chi connectivity index (χ0v) is 18.4. The van der Waals surface area contributed by atoms with Crippen LogP contribution in [0.1, 0.15) is 37.8 Å². The zero-order valence-electron chi connectivity index (χ0n) is 18.4. The van der Waals surface area contributed by atoms with E-state index < -0.39 is 0 Å². The molecule has 0 spiro atoms. The third-order valence-electron chi connectivity index (χ3n) is 5.43. The Hall–Kier alpha value is -2.73. The van der Waals surface area contributed by atoms with Gasteiger partial charge in [0.25, 0.3) is 0 Å². The van der Waals surface area contributed by atoms with Gasteiger partial charge in [0.05, 0.1) is 19.8 Å². The number of aliphatic imine (C=N–C) groups is 1. The summed E-state index contributed by atoms with van der Waals surface area (Å²) in [5.74, 6) is 2.12. The number of ether oxygens (including phenoxy) is 3. The molecule has 1 heterocycles. The largest absolute Gasteiger partial charge is 0.496 e. The van der Waals surface area contributed by atoms with Crippen molar-refractivity contribution in [3.63, 3.8) is 0 Å². The van der Waals surface area contributed by atoms with Crippen LogP contribution >= 0.6 is 0 Å². The molecule has 0 bridgehead atoms. The average Bonchev–Trinajstić information content (AvgIpc) is 2.74. The fourth-order valence-electron chi connectivity index (χ4n) is 3.82. The van der Waals surface area contributed by atoms with E-state index in [0.29, 0.717) is 25.7 Å². The Kier molecular flexibility index (Phi) is 7.21. The van der Waals surface area contributed by atoms with E-state index in [1.807, 2.05) is 44.2 Å². The third kappa shape index (κ3) is 5.45. The molecule has 0 aromatic heterocycles. The molecule has 3 N–H and O–H groups in total. The first kappa shape index (κ1) is 22.0. The minimum Gasteiger partial charge on any atom is -0.496 e. The van der Waals surface area contributed by atoms with Crippen LogP contribution in [0.5, 0.6) is 11.5 Å². The van der Waals surface area contributed by atoms with Crippen molar-refractivity contribution in [2.75, 3.05) is 32.2 Å². The number of anilines is 1. The highest BCUT2D eigenvalue weighted by Gasteiger charge is 2.37. The maximum Gasteiger partial charge on any atom is 0.193 e. The third-order valence-corrected chi connectivity index (χ3v) is 5.43. The highest BCUT2D eigenvalue weighted by atomic mass is 16.5. The molecule has 0 unspecified atom stereocenters. The van der Waals surface area contributed by atoms with Crippen molar-refractivity contribution in [1.29, 1.82) is 0 Å². The van der Waals surface area contributed by atoms with Gasteiger partial charge in [-0.2, -0.15) is 0 Å². The maximum absolute atomic E-state index is 6.22. The lowest BCUT2D eigenvalue weighted by atomic mass is 9.73. The smallest absolute Gasteiger partial charge is 0.193 e. The molecule has 0 amide bonds. The molecule has 1 aliphatic heterocycles. The summed E-state index contributed by atoms with van der Waals surface area (Å²) in [5, 5.41) is 3.18. The number of methoxy groups -OCH3 is 1. The second kappa shape index (κ2) is 9.85. The average molecular weight is 412 g/mol. The molecule has 1 saturated heterocycles. The number of aryl methyl sites for hydroxylation is 1. The van der Waals surface area contributed by atoms with Crippen molar-refractivity contribution in [3.8, 4) is 11.5 Å². The van der Waals surface area contributed by atoms with E-state index in [0.717, 1.165) is 30.0 Å². The molecule has 0 atom stereocenters. The first-order valence-electron chi connectivity index (χ1n) is 10.5.